The lowest BCUT2D eigenvalue weighted by Gasteiger charge is -2.16. The van der Waals surface area contributed by atoms with Gasteiger partial charge in [-0.15, -0.1) is 0 Å². The van der Waals surface area contributed by atoms with Crippen LogP contribution in [0.3, 0.4) is 0 Å². The maximum Gasteiger partial charge on any atom is 0.197 e. The Morgan fingerprint density at radius 2 is 2.05 bits per heavy atom. The van der Waals surface area contributed by atoms with Crippen LogP contribution >= 0.6 is 11.6 Å². The fourth-order valence-electron chi connectivity index (χ4n) is 2.46. The SMILES string of the molecule is CNC(Cc1nc2ccccc2o1)c1ccc(C)cc1Cl. The maximum atomic E-state index is 6.36. The standard InChI is InChI=1S/C17H17ClN2O/c1-11-7-8-12(13(18)9-11)15(19-2)10-17-20-14-5-3-4-6-16(14)21-17/h3-9,15,19H,10H2,1-2H3. The molecule has 1 N–H and O–H groups in total. The zero-order valence-electron chi connectivity index (χ0n) is 12.1. The van der Waals surface area contributed by atoms with E-state index in [1.807, 2.05) is 44.3 Å². The highest BCUT2D eigenvalue weighted by atomic mass is 35.5. The summed E-state index contributed by atoms with van der Waals surface area (Å²) < 4.78 is 5.79. The lowest BCUT2D eigenvalue weighted by Crippen LogP contribution is -2.19. The van der Waals surface area contributed by atoms with Crippen molar-refractivity contribution in [1.82, 2.24) is 10.3 Å². The van der Waals surface area contributed by atoms with Gasteiger partial charge in [0.1, 0.15) is 5.52 Å². The number of para-hydroxylation sites is 2. The summed E-state index contributed by atoms with van der Waals surface area (Å²) in [6.45, 7) is 2.03. The first-order valence-corrected chi connectivity index (χ1v) is 7.33. The van der Waals surface area contributed by atoms with Gasteiger partial charge in [0, 0.05) is 17.5 Å². The van der Waals surface area contributed by atoms with Crippen molar-refractivity contribution >= 4 is 22.7 Å². The van der Waals surface area contributed by atoms with Crippen LogP contribution in [0.15, 0.2) is 46.9 Å². The zero-order chi connectivity index (χ0) is 14.8. The van der Waals surface area contributed by atoms with Crippen LogP contribution in [0.5, 0.6) is 0 Å². The Labute approximate surface area is 128 Å². The van der Waals surface area contributed by atoms with Crippen LogP contribution in [-0.4, -0.2) is 12.0 Å². The number of nitrogens with zero attached hydrogens (tertiary/aromatic N) is 1. The van der Waals surface area contributed by atoms with Crippen LogP contribution in [0.25, 0.3) is 11.1 Å². The summed E-state index contributed by atoms with van der Waals surface area (Å²) in [7, 11) is 1.92. The van der Waals surface area contributed by atoms with Crippen LogP contribution in [-0.2, 0) is 6.42 Å². The lowest BCUT2D eigenvalue weighted by molar-refractivity contribution is 0.474. The highest BCUT2D eigenvalue weighted by Gasteiger charge is 2.17. The summed E-state index contributed by atoms with van der Waals surface area (Å²) >= 11 is 6.36. The predicted octanol–water partition coefficient (Wildman–Crippen LogP) is 4.29. The summed E-state index contributed by atoms with van der Waals surface area (Å²) in [4.78, 5) is 4.52. The zero-order valence-corrected chi connectivity index (χ0v) is 12.8. The van der Waals surface area contributed by atoms with E-state index in [1.54, 1.807) is 0 Å². The van der Waals surface area contributed by atoms with Gasteiger partial charge in [-0.2, -0.15) is 0 Å². The van der Waals surface area contributed by atoms with Gasteiger partial charge in [0.2, 0.25) is 0 Å². The highest BCUT2D eigenvalue weighted by molar-refractivity contribution is 6.31. The molecule has 3 aromatic rings. The van der Waals surface area contributed by atoms with Crippen molar-refractivity contribution in [1.29, 1.82) is 0 Å². The predicted molar refractivity (Wildman–Crippen MR) is 85.7 cm³/mol. The number of nitrogens with one attached hydrogen (secondary N) is 1. The molecule has 3 nitrogen and oxygen atoms in total. The molecule has 1 heterocycles. The van der Waals surface area contributed by atoms with Gasteiger partial charge < -0.3 is 9.73 Å². The first-order chi connectivity index (χ1) is 10.2. The molecule has 0 radical (unpaired) electrons. The second-order valence-corrected chi connectivity index (χ2v) is 5.55. The van der Waals surface area contributed by atoms with E-state index in [4.69, 9.17) is 16.0 Å². The summed E-state index contributed by atoms with van der Waals surface area (Å²) in [6.07, 6.45) is 0.661. The van der Waals surface area contributed by atoms with Crippen molar-refractivity contribution in [3.8, 4) is 0 Å². The molecule has 108 valence electrons. The van der Waals surface area contributed by atoms with Gasteiger partial charge in [0.25, 0.3) is 0 Å². The molecule has 3 rings (SSSR count). The van der Waals surface area contributed by atoms with Gasteiger partial charge in [-0.3, -0.25) is 0 Å². The number of oxazole rings is 1. The number of hydrogen-bond acceptors (Lipinski definition) is 3. The minimum absolute atomic E-state index is 0.0752. The number of aryl methyl sites for hydroxylation is 1. The molecule has 0 aliphatic heterocycles. The lowest BCUT2D eigenvalue weighted by atomic mass is 10.0. The van der Waals surface area contributed by atoms with Gasteiger partial charge in [-0.1, -0.05) is 35.9 Å². The first-order valence-electron chi connectivity index (χ1n) is 6.95. The number of benzene rings is 2. The minimum Gasteiger partial charge on any atom is -0.441 e. The van der Waals surface area contributed by atoms with Crippen molar-refractivity contribution in [3.05, 3.63) is 64.5 Å². The number of hydrogen-bond donors (Lipinski definition) is 1. The molecule has 0 bridgehead atoms. The van der Waals surface area contributed by atoms with Gasteiger partial charge in [-0.05, 0) is 43.3 Å². The van der Waals surface area contributed by atoms with E-state index in [0.717, 1.165) is 27.2 Å². The van der Waals surface area contributed by atoms with Crippen LogP contribution < -0.4 is 5.32 Å². The molecule has 0 aliphatic rings. The largest absolute Gasteiger partial charge is 0.441 e. The monoisotopic (exact) mass is 300 g/mol. The van der Waals surface area contributed by atoms with Crippen molar-refractivity contribution in [3.63, 3.8) is 0 Å². The molecular formula is C17H17ClN2O. The van der Waals surface area contributed by atoms with E-state index in [0.29, 0.717) is 12.3 Å². The fourth-order valence-corrected chi connectivity index (χ4v) is 2.83. The van der Waals surface area contributed by atoms with Gasteiger partial charge >= 0.3 is 0 Å². The Morgan fingerprint density at radius 3 is 2.76 bits per heavy atom. The molecule has 0 saturated heterocycles. The van der Waals surface area contributed by atoms with Crippen molar-refractivity contribution in [2.45, 2.75) is 19.4 Å². The molecule has 0 aliphatic carbocycles. The molecule has 1 atom stereocenters. The van der Waals surface area contributed by atoms with Crippen LogP contribution in [0, 0.1) is 6.92 Å². The van der Waals surface area contributed by atoms with E-state index in [-0.39, 0.29) is 6.04 Å². The third-order valence-electron chi connectivity index (χ3n) is 3.60. The van der Waals surface area contributed by atoms with Crippen LogP contribution in [0.2, 0.25) is 5.02 Å². The first kappa shape index (κ1) is 14.1. The average Bonchev–Trinajstić information content (AvgIpc) is 2.87. The quantitative estimate of drug-likeness (QED) is 0.781. The molecule has 0 amide bonds. The molecule has 0 saturated carbocycles. The van der Waals surface area contributed by atoms with E-state index >= 15 is 0 Å². The van der Waals surface area contributed by atoms with E-state index in [2.05, 4.69) is 22.4 Å². The van der Waals surface area contributed by atoms with Crippen molar-refractivity contribution in [2.75, 3.05) is 7.05 Å². The molecule has 0 fully saturated rings. The van der Waals surface area contributed by atoms with E-state index in [9.17, 15) is 0 Å². The van der Waals surface area contributed by atoms with Crippen LogP contribution in [0.1, 0.15) is 23.1 Å². The Hall–Kier alpha value is -1.84. The van der Waals surface area contributed by atoms with Gasteiger partial charge in [0.15, 0.2) is 11.5 Å². The van der Waals surface area contributed by atoms with Gasteiger partial charge in [-0.25, -0.2) is 4.98 Å². The Balaban J connectivity index is 1.90. The van der Waals surface area contributed by atoms with Gasteiger partial charge in [0.05, 0.1) is 0 Å². The molecule has 0 spiro atoms. The second-order valence-electron chi connectivity index (χ2n) is 5.15. The Morgan fingerprint density at radius 1 is 1.24 bits per heavy atom. The van der Waals surface area contributed by atoms with Crippen molar-refractivity contribution in [2.24, 2.45) is 0 Å². The summed E-state index contributed by atoms with van der Waals surface area (Å²) in [5, 5.41) is 4.06. The van der Waals surface area contributed by atoms with Crippen LogP contribution in [0.4, 0.5) is 0 Å². The Kier molecular flexibility index (Phi) is 3.95. The van der Waals surface area contributed by atoms with E-state index in [1.165, 1.54) is 0 Å². The third kappa shape index (κ3) is 2.94. The number of likely N-dealkylation sites (N-methyl/N-ethyl adjacent to an activating group) is 1. The summed E-state index contributed by atoms with van der Waals surface area (Å²) in [5.41, 5.74) is 3.92. The molecule has 2 aromatic carbocycles. The Bertz CT molecular complexity index is 733. The maximum absolute atomic E-state index is 6.36. The minimum atomic E-state index is 0.0752. The third-order valence-corrected chi connectivity index (χ3v) is 3.92. The topological polar surface area (TPSA) is 38.1 Å². The molecular weight excluding hydrogens is 284 g/mol. The highest BCUT2D eigenvalue weighted by Crippen LogP contribution is 2.27. The molecule has 1 unspecified atom stereocenters. The summed E-state index contributed by atoms with van der Waals surface area (Å²) in [6, 6.07) is 14.0. The molecule has 4 heteroatoms. The number of halogens is 1. The van der Waals surface area contributed by atoms with E-state index < -0.39 is 0 Å². The smallest absolute Gasteiger partial charge is 0.197 e. The number of rotatable bonds is 4. The molecule has 1 aromatic heterocycles. The fraction of sp³-hybridized carbons (Fsp3) is 0.235. The molecule has 21 heavy (non-hydrogen) atoms. The summed E-state index contributed by atoms with van der Waals surface area (Å²) in [5.74, 6) is 0.715. The second kappa shape index (κ2) is 5.88. The normalized spacial score (nSPS) is 12.7. The average molecular weight is 301 g/mol. The number of fused-ring (bicyclic) bond motifs is 1. The number of aromatic nitrogens is 1. The van der Waals surface area contributed by atoms with Crippen molar-refractivity contribution < 1.29 is 4.42 Å².